The van der Waals surface area contributed by atoms with Crippen molar-refractivity contribution >= 4 is 22.4 Å². The van der Waals surface area contributed by atoms with Crippen LogP contribution in [0, 0.1) is 6.92 Å². The molecular formula is C14H15N3O. The van der Waals surface area contributed by atoms with Gasteiger partial charge in [-0.05, 0) is 18.6 Å². The Morgan fingerprint density at radius 2 is 2.22 bits per heavy atom. The van der Waals surface area contributed by atoms with Crippen LogP contribution in [0.4, 0.5) is 5.69 Å². The zero-order valence-corrected chi connectivity index (χ0v) is 10.2. The molecule has 2 aromatic rings. The minimum absolute atomic E-state index is 0.219. The van der Waals surface area contributed by atoms with Crippen LogP contribution in [0.2, 0.25) is 0 Å². The van der Waals surface area contributed by atoms with Crippen LogP contribution in [-0.2, 0) is 0 Å². The second-order valence-corrected chi connectivity index (χ2v) is 4.05. The first kappa shape index (κ1) is 12.1. The van der Waals surface area contributed by atoms with Gasteiger partial charge in [-0.25, -0.2) is 0 Å². The molecule has 2 rings (SSSR count). The molecule has 0 fully saturated rings. The molecule has 0 aliphatic carbocycles. The minimum atomic E-state index is -0.219. The van der Waals surface area contributed by atoms with Gasteiger partial charge >= 0.3 is 0 Å². The molecular weight excluding hydrogens is 226 g/mol. The highest BCUT2D eigenvalue weighted by Crippen LogP contribution is 2.25. The molecule has 0 aliphatic heterocycles. The van der Waals surface area contributed by atoms with Gasteiger partial charge in [0.1, 0.15) is 5.69 Å². The third-order valence-corrected chi connectivity index (χ3v) is 2.83. The smallest absolute Gasteiger partial charge is 0.270 e. The van der Waals surface area contributed by atoms with E-state index in [9.17, 15) is 4.79 Å². The van der Waals surface area contributed by atoms with E-state index in [2.05, 4.69) is 16.9 Å². The number of fused-ring (bicyclic) bond motifs is 1. The summed E-state index contributed by atoms with van der Waals surface area (Å²) in [7, 11) is 0. The van der Waals surface area contributed by atoms with Gasteiger partial charge in [0.05, 0.1) is 0 Å². The molecule has 1 aromatic carbocycles. The fourth-order valence-electron chi connectivity index (χ4n) is 1.82. The summed E-state index contributed by atoms with van der Waals surface area (Å²) in [5, 5.41) is 4.34. The van der Waals surface area contributed by atoms with Gasteiger partial charge in [0.2, 0.25) is 0 Å². The number of nitrogens with two attached hydrogens (primary N) is 1. The van der Waals surface area contributed by atoms with Crippen LogP contribution < -0.4 is 11.1 Å². The molecule has 3 N–H and O–H groups in total. The van der Waals surface area contributed by atoms with Gasteiger partial charge in [0.25, 0.3) is 5.91 Å². The Balaban J connectivity index is 2.55. The lowest BCUT2D eigenvalue weighted by molar-refractivity contribution is 0.0955. The minimum Gasteiger partial charge on any atom is -0.398 e. The molecule has 0 atom stereocenters. The summed E-state index contributed by atoms with van der Waals surface area (Å²) >= 11 is 0. The highest BCUT2D eigenvalue weighted by Gasteiger charge is 2.12. The quantitative estimate of drug-likeness (QED) is 0.638. The predicted octanol–water partition coefficient (Wildman–Crippen LogP) is 2.04. The lowest BCUT2D eigenvalue weighted by Crippen LogP contribution is -2.24. The van der Waals surface area contributed by atoms with Crippen molar-refractivity contribution < 1.29 is 4.79 Å². The molecule has 4 heteroatoms. The van der Waals surface area contributed by atoms with Crippen molar-refractivity contribution in [3.8, 4) is 0 Å². The van der Waals surface area contributed by atoms with Gasteiger partial charge in [-0.15, -0.1) is 6.58 Å². The van der Waals surface area contributed by atoms with Crippen LogP contribution >= 0.6 is 0 Å². The van der Waals surface area contributed by atoms with Crippen molar-refractivity contribution in [2.24, 2.45) is 0 Å². The van der Waals surface area contributed by atoms with E-state index in [1.54, 1.807) is 12.3 Å². The first-order valence-corrected chi connectivity index (χ1v) is 5.68. The zero-order chi connectivity index (χ0) is 13.1. The molecule has 1 amide bonds. The van der Waals surface area contributed by atoms with Crippen molar-refractivity contribution in [3.05, 3.63) is 48.3 Å². The number of nitrogens with one attached hydrogen (secondary N) is 1. The molecule has 0 unspecified atom stereocenters. The second kappa shape index (κ2) is 4.87. The highest BCUT2D eigenvalue weighted by atomic mass is 16.1. The molecule has 0 saturated heterocycles. The number of anilines is 1. The number of hydrogen-bond acceptors (Lipinski definition) is 3. The standard InChI is InChI=1S/C14H15N3O/c1-3-7-17-14(18)13-11-5-4-9(2)12(15)10(11)6-8-16-13/h3-6,8H,1,7,15H2,2H3,(H,17,18). The Kier molecular flexibility index (Phi) is 3.28. The van der Waals surface area contributed by atoms with Crippen LogP contribution in [0.3, 0.4) is 0 Å². The van der Waals surface area contributed by atoms with Crippen molar-refractivity contribution in [3.63, 3.8) is 0 Å². The van der Waals surface area contributed by atoms with Gasteiger partial charge < -0.3 is 11.1 Å². The van der Waals surface area contributed by atoms with E-state index in [-0.39, 0.29) is 5.91 Å². The Morgan fingerprint density at radius 3 is 2.94 bits per heavy atom. The number of carbonyl (C=O) groups is 1. The first-order valence-electron chi connectivity index (χ1n) is 5.68. The maximum Gasteiger partial charge on any atom is 0.270 e. The lowest BCUT2D eigenvalue weighted by Gasteiger charge is -2.09. The van der Waals surface area contributed by atoms with Crippen molar-refractivity contribution in [2.75, 3.05) is 12.3 Å². The van der Waals surface area contributed by atoms with Crippen LogP contribution in [0.15, 0.2) is 37.1 Å². The molecule has 0 bridgehead atoms. The third kappa shape index (κ3) is 2.05. The van der Waals surface area contributed by atoms with Crippen molar-refractivity contribution in [2.45, 2.75) is 6.92 Å². The SMILES string of the molecule is C=CCNC(=O)c1nccc2c(N)c(C)ccc12. The van der Waals surface area contributed by atoms with Gasteiger partial charge in [-0.3, -0.25) is 9.78 Å². The van der Waals surface area contributed by atoms with E-state index in [0.29, 0.717) is 17.9 Å². The molecule has 4 nitrogen and oxygen atoms in total. The molecule has 1 aromatic heterocycles. The van der Waals surface area contributed by atoms with Gasteiger partial charge in [0.15, 0.2) is 0 Å². The van der Waals surface area contributed by atoms with Crippen LogP contribution in [0.1, 0.15) is 16.1 Å². The molecule has 0 saturated carbocycles. The highest BCUT2D eigenvalue weighted by molar-refractivity contribution is 6.08. The molecule has 18 heavy (non-hydrogen) atoms. The Bertz CT molecular complexity index is 620. The fraction of sp³-hybridized carbons (Fsp3) is 0.143. The Hall–Kier alpha value is -2.36. The van der Waals surface area contributed by atoms with E-state index < -0.39 is 0 Å². The summed E-state index contributed by atoms with van der Waals surface area (Å²) < 4.78 is 0. The number of amides is 1. The van der Waals surface area contributed by atoms with Crippen LogP contribution in [-0.4, -0.2) is 17.4 Å². The number of aromatic nitrogens is 1. The molecule has 0 radical (unpaired) electrons. The Morgan fingerprint density at radius 1 is 1.44 bits per heavy atom. The van der Waals surface area contributed by atoms with Crippen LogP contribution in [0.5, 0.6) is 0 Å². The van der Waals surface area contributed by atoms with E-state index >= 15 is 0 Å². The van der Waals surface area contributed by atoms with E-state index in [1.807, 2.05) is 25.1 Å². The summed E-state index contributed by atoms with van der Waals surface area (Å²) in [5.41, 5.74) is 8.08. The number of hydrogen-bond donors (Lipinski definition) is 2. The average molecular weight is 241 g/mol. The number of rotatable bonds is 3. The number of nitrogens with zero attached hydrogens (tertiary/aromatic N) is 1. The maximum atomic E-state index is 12.0. The van der Waals surface area contributed by atoms with Gasteiger partial charge in [-0.1, -0.05) is 18.2 Å². The van der Waals surface area contributed by atoms with Crippen molar-refractivity contribution in [1.82, 2.24) is 10.3 Å². The topological polar surface area (TPSA) is 68.0 Å². The van der Waals surface area contributed by atoms with Crippen molar-refractivity contribution in [1.29, 1.82) is 0 Å². The summed E-state index contributed by atoms with van der Waals surface area (Å²) in [5.74, 6) is -0.219. The maximum absolute atomic E-state index is 12.0. The summed E-state index contributed by atoms with van der Waals surface area (Å²) in [6.07, 6.45) is 3.22. The van der Waals surface area contributed by atoms with Gasteiger partial charge in [0, 0.05) is 29.2 Å². The normalized spacial score (nSPS) is 10.3. The lowest BCUT2D eigenvalue weighted by atomic mass is 10.0. The fourth-order valence-corrected chi connectivity index (χ4v) is 1.82. The molecule has 1 heterocycles. The number of benzene rings is 1. The summed E-state index contributed by atoms with van der Waals surface area (Å²) in [6.45, 7) is 5.91. The Labute approximate surface area is 106 Å². The third-order valence-electron chi connectivity index (χ3n) is 2.83. The van der Waals surface area contributed by atoms with E-state index in [0.717, 1.165) is 16.3 Å². The largest absolute Gasteiger partial charge is 0.398 e. The average Bonchev–Trinajstić information content (AvgIpc) is 2.39. The first-order chi connectivity index (χ1) is 8.65. The molecule has 0 spiro atoms. The van der Waals surface area contributed by atoms with E-state index in [4.69, 9.17) is 5.73 Å². The zero-order valence-electron chi connectivity index (χ0n) is 10.2. The second-order valence-electron chi connectivity index (χ2n) is 4.05. The van der Waals surface area contributed by atoms with E-state index in [1.165, 1.54) is 0 Å². The summed E-state index contributed by atoms with van der Waals surface area (Å²) in [6, 6.07) is 5.59. The summed E-state index contributed by atoms with van der Waals surface area (Å²) in [4.78, 5) is 16.1. The molecule has 0 aliphatic rings. The number of carbonyl (C=O) groups excluding carboxylic acids is 1. The van der Waals surface area contributed by atoms with Crippen LogP contribution in [0.25, 0.3) is 10.8 Å². The predicted molar refractivity (Wildman–Crippen MR) is 73.4 cm³/mol. The molecule has 92 valence electrons. The number of pyridine rings is 1. The number of aryl methyl sites for hydroxylation is 1. The number of nitrogen functional groups attached to an aromatic ring is 1. The van der Waals surface area contributed by atoms with Gasteiger partial charge in [-0.2, -0.15) is 0 Å². The monoisotopic (exact) mass is 241 g/mol.